The van der Waals surface area contributed by atoms with E-state index in [-0.39, 0.29) is 6.07 Å². The van der Waals surface area contributed by atoms with Gasteiger partial charge in [-0.05, 0) is 12.1 Å². The Morgan fingerprint density at radius 1 is 1.00 bits per heavy atom. The van der Waals surface area contributed by atoms with Crippen molar-refractivity contribution in [1.29, 1.82) is 0 Å². The minimum Gasteiger partial charge on any atom is -0.508 e. The van der Waals surface area contributed by atoms with Crippen LogP contribution in [0.2, 0.25) is 0 Å². The normalized spacial score (nSPS) is 12.6. The predicted molar refractivity (Wildman–Crippen MR) is 39.8 cm³/mol. The van der Waals surface area contributed by atoms with Crippen LogP contribution in [0.4, 0.5) is 26.3 Å². The van der Waals surface area contributed by atoms with E-state index in [0.717, 1.165) is 0 Å². The summed E-state index contributed by atoms with van der Waals surface area (Å²) in [7, 11) is 0. The summed E-state index contributed by atoms with van der Waals surface area (Å²) in [5, 5.41) is 8.79. The maximum atomic E-state index is 12.2. The third kappa shape index (κ3) is 3.21. The number of phenolic OH excluding ortho intramolecular Hbond substituents is 1. The van der Waals surface area contributed by atoms with E-state index in [2.05, 4.69) is 4.74 Å². The van der Waals surface area contributed by atoms with E-state index in [4.69, 9.17) is 5.11 Å². The highest BCUT2D eigenvalue weighted by atomic mass is 19.4. The minimum absolute atomic E-state index is 0.246. The third-order valence-electron chi connectivity index (χ3n) is 1.50. The molecule has 90 valence electrons. The molecule has 0 heterocycles. The van der Waals surface area contributed by atoms with Gasteiger partial charge in [0, 0.05) is 6.07 Å². The number of hydrogen-bond donors (Lipinski definition) is 1. The topological polar surface area (TPSA) is 29.5 Å². The van der Waals surface area contributed by atoms with Gasteiger partial charge in [0.1, 0.15) is 11.5 Å². The molecule has 8 heteroatoms. The van der Waals surface area contributed by atoms with Crippen molar-refractivity contribution in [2.75, 3.05) is 0 Å². The second-order valence-electron chi connectivity index (χ2n) is 2.73. The van der Waals surface area contributed by atoms with E-state index < -0.39 is 29.6 Å². The second-order valence-corrected chi connectivity index (χ2v) is 2.73. The van der Waals surface area contributed by atoms with Gasteiger partial charge in [-0.3, -0.25) is 0 Å². The van der Waals surface area contributed by atoms with Gasteiger partial charge in [0.25, 0.3) is 0 Å². The average Bonchev–Trinajstić information content (AvgIpc) is 1.97. The van der Waals surface area contributed by atoms with Crippen LogP contribution in [0.15, 0.2) is 18.2 Å². The number of hydrogen-bond acceptors (Lipinski definition) is 2. The van der Waals surface area contributed by atoms with Crippen LogP contribution >= 0.6 is 0 Å². The third-order valence-corrected chi connectivity index (χ3v) is 1.50. The monoisotopic (exact) mass is 246 g/mol. The first kappa shape index (κ1) is 12.5. The Morgan fingerprint density at radius 2 is 1.56 bits per heavy atom. The highest BCUT2D eigenvalue weighted by Crippen LogP contribution is 2.39. The van der Waals surface area contributed by atoms with Crippen molar-refractivity contribution in [3.8, 4) is 11.5 Å². The molecule has 0 atom stereocenters. The Balaban J connectivity index is 3.19. The van der Waals surface area contributed by atoms with Gasteiger partial charge in [-0.25, -0.2) is 0 Å². The SMILES string of the molecule is Oc1ccc(C(F)(F)F)c(OC(F)(F)F)c1. The smallest absolute Gasteiger partial charge is 0.508 e. The van der Waals surface area contributed by atoms with E-state index in [1.165, 1.54) is 0 Å². The van der Waals surface area contributed by atoms with Gasteiger partial charge in [0.05, 0.1) is 5.56 Å². The highest BCUT2D eigenvalue weighted by molar-refractivity contribution is 5.41. The lowest BCUT2D eigenvalue weighted by Crippen LogP contribution is -2.20. The maximum absolute atomic E-state index is 12.2. The van der Waals surface area contributed by atoms with E-state index in [9.17, 15) is 26.3 Å². The van der Waals surface area contributed by atoms with Crippen molar-refractivity contribution < 1.29 is 36.2 Å². The summed E-state index contributed by atoms with van der Waals surface area (Å²) in [6.45, 7) is 0. The van der Waals surface area contributed by atoms with Gasteiger partial charge in [0.2, 0.25) is 0 Å². The molecular weight excluding hydrogens is 242 g/mol. The number of rotatable bonds is 1. The van der Waals surface area contributed by atoms with Crippen LogP contribution in [0.3, 0.4) is 0 Å². The first-order valence-corrected chi connectivity index (χ1v) is 3.75. The number of phenols is 1. The molecule has 0 aromatic heterocycles. The fraction of sp³-hybridized carbons (Fsp3) is 0.250. The Bertz CT molecular complexity index is 381. The standard InChI is InChI=1S/C8H4F6O2/c9-7(10,11)5-2-1-4(15)3-6(5)16-8(12,13)14/h1-3,15H. The number of aromatic hydroxyl groups is 1. The summed E-state index contributed by atoms with van der Waals surface area (Å²) in [6, 6.07) is 1.17. The van der Waals surface area contributed by atoms with Crippen LogP contribution in [-0.2, 0) is 6.18 Å². The predicted octanol–water partition coefficient (Wildman–Crippen LogP) is 3.31. The quantitative estimate of drug-likeness (QED) is 0.770. The van der Waals surface area contributed by atoms with E-state index in [1.54, 1.807) is 0 Å². The Morgan fingerprint density at radius 3 is 2.00 bits per heavy atom. The summed E-state index contributed by atoms with van der Waals surface area (Å²) >= 11 is 0. The number of ether oxygens (including phenoxy) is 1. The average molecular weight is 246 g/mol. The van der Waals surface area contributed by atoms with Gasteiger partial charge in [-0.1, -0.05) is 0 Å². The zero-order valence-electron chi connectivity index (χ0n) is 7.36. The molecule has 0 bridgehead atoms. The van der Waals surface area contributed by atoms with Crippen molar-refractivity contribution in [3.05, 3.63) is 23.8 Å². The molecule has 1 rings (SSSR count). The van der Waals surface area contributed by atoms with Crippen molar-refractivity contribution in [2.45, 2.75) is 12.5 Å². The number of benzene rings is 1. The molecule has 2 nitrogen and oxygen atoms in total. The fourth-order valence-electron chi connectivity index (χ4n) is 0.954. The molecule has 0 spiro atoms. The van der Waals surface area contributed by atoms with E-state index in [1.807, 2.05) is 0 Å². The number of halogens is 6. The largest absolute Gasteiger partial charge is 0.573 e. The molecule has 0 saturated carbocycles. The lowest BCUT2D eigenvalue weighted by atomic mass is 10.2. The van der Waals surface area contributed by atoms with Crippen molar-refractivity contribution in [1.82, 2.24) is 0 Å². The molecule has 0 aliphatic heterocycles. The van der Waals surface area contributed by atoms with Crippen molar-refractivity contribution in [3.63, 3.8) is 0 Å². The van der Waals surface area contributed by atoms with Crippen LogP contribution in [-0.4, -0.2) is 11.5 Å². The molecule has 1 aromatic rings. The summed E-state index contributed by atoms with van der Waals surface area (Å²) in [6.07, 6.45) is -10.2. The first-order valence-electron chi connectivity index (χ1n) is 3.75. The van der Waals surface area contributed by atoms with Crippen LogP contribution < -0.4 is 4.74 Å². The van der Waals surface area contributed by atoms with Crippen LogP contribution in [0.1, 0.15) is 5.56 Å². The summed E-state index contributed by atoms with van der Waals surface area (Å²) in [4.78, 5) is 0. The van der Waals surface area contributed by atoms with Crippen LogP contribution in [0.25, 0.3) is 0 Å². The molecule has 0 amide bonds. The summed E-state index contributed by atoms with van der Waals surface area (Å²) in [5.41, 5.74) is -1.61. The van der Waals surface area contributed by atoms with E-state index >= 15 is 0 Å². The van der Waals surface area contributed by atoms with Gasteiger partial charge in [0.15, 0.2) is 0 Å². The maximum Gasteiger partial charge on any atom is 0.573 e. The van der Waals surface area contributed by atoms with E-state index in [0.29, 0.717) is 12.1 Å². The molecule has 0 fully saturated rings. The van der Waals surface area contributed by atoms with Gasteiger partial charge < -0.3 is 9.84 Å². The fourth-order valence-corrected chi connectivity index (χ4v) is 0.954. The van der Waals surface area contributed by atoms with Gasteiger partial charge in [-0.15, -0.1) is 13.2 Å². The molecular formula is C8H4F6O2. The first-order chi connectivity index (χ1) is 7.09. The Hall–Kier alpha value is -1.60. The molecule has 16 heavy (non-hydrogen) atoms. The minimum atomic E-state index is -5.26. The zero-order valence-corrected chi connectivity index (χ0v) is 7.36. The Kier molecular flexibility index (Phi) is 2.93. The molecule has 0 aliphatic rings. The summed E-state index contributed by atoms with van der Waals surface area (Å²) in [5.74, 6) is -2.24. The lowest BCUT2D eigenvalue weighted by molar-refractivity contribution is -0.276. The molecule has 0 saturated heterocycles. The molecule has 0 aliphatic carbocycles. The molecule has 1 N–H and O–H groups in total. The summed E-state index contributed by atoms with van der Waals surface area (Å²) < 4.78 is 75.1. The van der Waals surface area contributed by atoms with Gasteiger partial charge in [-0.2, -0.15) is 13.2 Å². The van der Waals surface area contributed by atoms with Gasteiger partial charge >= 0.3 is 12.5 Å². The van der Waals surface area contributed by atoms with Crippen LogP contribution in [0, 0.1) is 0 Å². The van der Waals surface area contributed by atoms with Crippen LogP contribution in [0.5, 0.6) is 11.5 Å². The van der Waals surface area contributed by atoms with Crippen molar-refractivity contribution >= 4 is 0 Å². The Labute approximate surface area is 85.1 Å². The lowest BCUT2D eigenvalue weighted by Gasteiger charge is -2.15. The second kappa shape index (κ2) is 3.76. The highest BCUT2D eigenvalue weighted by Gasteiger charge is 2.39. The molecule has 1 aromatic carbocycles. The molecule has 0 radical (unpaired) electrons. The zero-order chi connectivity index (χ0) is 12.6. The molecule has 0 unspecified atom stereocenters. The van der Waals surface area contributed by atoms with Crippen molar-refractivity contribution in [2.24, 2.45) is 0 Å². The number of alkyl halides is 6.